The van der Waals surface area contributed by atoms with Gasteiger partial charge in [0, 0.05) is 17.3 Å². The Morgan fingerprint density at radius 1 is 1.18 bits per heavy atom. The highest BCUT2D eigenvalue weighted by molar-refractivity contribution is 7.92. The smallest absolute Gasteiger partial charge is 0.209 e. The van der Waals surface area contributed by atoms with Crippen LogP contribution in [0.4, 0.5) is 0 Å². The second-order valence-electron chi connectivity index (χ2n) is 5.06. The number of hydrogen-bond acceptors (Lipinski definition) is 5. The van der Waals surface area contributed by atoms with Gasteiger partial charge in [0.15, 0.2) is 0 Å². The Balaban J connectivity index is 1.85. The largest absolute Gasteiger partial charge is 0.238 e. The molecule has 2 heterocycles. The highest BCUT2D eigenvalue weighted by atomic mass is 32.2. The molecule has 0 amide bonds. The second-order valence-corrected chi connectivity index (χ2v) is 8.12. The van der Waals surface area contributed by atoms with Gasteiger partial charge in [-0.3, -0.25) is 0 Å². The first-order valence-electron chi connectivity index (χ1n) is 6.70. The van der Waals surface area contributed by atoms with Crippen LogP contribution in [0, 0.1) is 13.8 Å². The Kier molecular flexibility index (Phi) is 3.84. The van der Waals surface area contributed by atoms with E-state index in [0.29, 0.717) is 0 Å². The lowest BCUT2D eigenvalue weighted by Crippen LogP contribution is -2.05. The molecular formula is C15H15N3O2S2. The summed E-state index contributed by atoms with van der Waals surface area (Å²) in [6.45, 7) is 3.93. The minimum absolute atomic E-state index is 0.0437. The van der Waals surface area contributed by atoms with Gasteiger partial charge in [0.25, 0.3) is 0 Å². The summed E-state index contributed by atoms with van der Waals surface area (Å²) in [6, 6.07) is 9.40. The lowest BCUT2D eigenvalue weighted by atomic mass is 10.2. The van der Waals surface area contributed by atoms with Crippen LogP contribution in [0.1, 0.15) is 17.0 Å². The first-order chi connectivity index (χ1) is 10.5. The number of aromatic nitrogens is 3. The van der Waals surface area contributed by atoms with E-state index in [-0.39, 0.29) is 10.1 Å². The van der Waals surface area contributed by atoms with Crippen LogP contribution in [0.3, 0.4) is 0 Å². The number of thiazole rings is 1. The maximum Gasteiger partial charge on any atom is 0.209 e. The van der Waals surface area contributed by atoms with E-state index in [2.05, 4.69) is 10.1 Å². The van der Waals surface area contributed by atoms with Gasteiger partial charge in [0.05, 0.1) is 17.1 Å². The molecule has 1 aromatic carbocycles. The zero-order valence-electron chi connectivity index (χ0n) is 12.2. The van der Waals surface area contributed by atoms with Crippen LogP contribution < -0.4 is 0 Å². The van der Waals surface area contributed by atoms with Crippen LogP contribution in [-0.4, -0.2) is 23.2 Å². The predicted molar refractivity (Wildman–Crippen MR) is 86.0 cm³/mol. The summed E-state index contributed by atoms with van der Waals surface area (Å²) in [5, 5.41) is 6.08. The minimum atomic E-state index is -3.37. The van der Waals surface area contributed by atoms with Gasteiger partial charge in [-0.25, -0.2) is 18.1 Å². The van der Waals surface area contributed by atoms with Crippen LogP contribution in [-0.2, 0) is 15.6 Å². The molecule has 0 N–H and O–H groups in total. The molecule has 0 spiro atoms. The van der Waals surface area contributed by atoms with E-state index in [1.807, 2.05) is 48.9 Å². The topological polar surface area (TPSA) is 64.8 Å². The lowest BCUT2D eigenvalue weighted by Gasteiger charge is -2.06. The Morgan fingerprint density at radius 2 is 1.91 bits per heavy atom. The van der Waals surface area contributed by atoms with Gasteiger partial charge in [-0.1, -0.05) is 12.1 Å². The minimum Gasteiger partial charge on any atom is -0.238 e. The van der Waals surface area contributed by atoms with Gasteiger partial charge in [0.1, 0.15) is 0 Å². The van der Waals surface area contributed by atoms with E-state index in [0.717, 1.165) is 34.0 Å². The molecule has 0 saturated heterocycles. The Bertz CT molecular complexity index is 880. The van der Waals surface area contributed by atoms with Crippen molar-refractivity contribution >= 4 is 21.2 Å². The molecule has 0 aliphatic heterocycles. The number of hydrogen-bond donors (Lipinski definition) is 0. The van der Waals surface area contributed by atoms with E-state index < -0.39 is 9.84 Å². The van der Waals surface area contributed by atoms with Crippen molar-refractivity contribution in [2.75, 3.05) is 0 Å². The Hall–Kier alpha value is -1.99. The van der Waals surface area contributed by atoms with Crippen molar-refractivity contribution in [3.8, 4) is 5.69 Å². The maximum atomic E-state index is 12.2. The molecule has 2 aromatic heterocycles. The fourth-order valence-electron chi connectivity index (χ4n) is 2.27. The van der Waals surface area contributed by atoms with Gasteiger partial charge >= 0.3 is 0 Å². The van der Waals surface area contributed by atoms with Crippen molar-refractivity contribution in [1.29, 1.82) is 0 Å². The quantitative estimate of drug-likeness (QED) is 0.736. The van der Waals surface area contributed by atoms with E-state index in [1.165, 1.54) is 6.20 Å². The molecule has 7 heteroatoms. The number of benzene rings is 1. The molecule has 114 valence electrons. The van der Waals surface area contributed by atoms with E-state index >= 15 is 0 Å². The number of sulfone groups is 1. The first-order valence-corrected chi connectivity index (χ1v) is 9.24. The molecule has 0 aliphatic rings. The summed E-state index contributed by atoms with van der Waals surface area (Å²) >= 11 is 1.14. The molecular weight excluding hydrogens is 318 g/mol. The summed E-state index contributed by atoms with van der Waals surface area (Å²) in [5.74, 6) is -0.0437. The van der Waals surface area contributed by atoms with Gasteiger partial charge in [0.2, 0.25) is 14.2 Å². The van der Waals surface area contributed by atoms with Crippen LogP contribution in [0.25, 0.3) is 5.69 Å². The average Bonchev–Trinajstić information content (AvgIpc) is 3.09. The van der Waals surface area contributed by atoms with Crippen LogP contribution >= 0.6 is 11.3 Å². The van der Waals surface area contributed by atoms with E-state index in [4.69, 9.17) is 0 Å². The van der Waals surface area contributed by atoms with Gasteiger partial charge < -0.3 is 0 Å². The normalized spacial score (nSPS) is 11.7. The van der Waals surface area contributed by atoms with Gasteiger partial charge in [-0.15, -0.1) is 11.3 Å². The highest BCUT2D eigenvalue weighted by Gasteiger charge is 2.18. The fraction of sp³-hybridized carbons (Fsp3) is 0.200. The molecule has 3 aromatic rings. The highest BCUT2D eigenvalue weighted by Crippen LogP contribution is 2.20. The molecule has 0 radical (unpaired) electrons. The van der Waals surface area contributed by atoms with Crippen molar-refractivity contribution in [2.45, 2.75) is 23.9 Å². The van der Waals surface area contributed by atoms with Crippen molar-refractivity contribution in [2.24, 2.45) is 0 Å². The molecule has 3 rings (SSSR count). The number of aryl methyl sites for hydroxylation is 2. The molecule has 0 unspecified atom stereocenters. The van der Waals surface area contributed by atoms with Crippen LogP contribution in [0.2, 0.25) is 0 Å². The molecule has 0 aliphatic carbocycles. The van der Waals surface area contributed by atoms with Crippen molar-refractivity contribution < 1.29 is 8.42 Å². The average molecular weight is 333 g/mol. The van der Waals surface area contributed by atoms with Crippen molar-refractivity contribution in [1.82, 2.24) is 14.8 Å². The van der Waals surface area contributed by atoms with E-state index in [1.54, 1.807) is 5.38 Å². The third kappa shape index (κ3) is 2.95. The maximum absolute atomic E-state index is 12.2. The predicted octanol–water partition coefficient (Wildman–Crippen LogP) is 2.92. The first kappa shape index (κ1) is 14.9. The monoisotopic (exact) mass is 333 g/mol. The van der Waals surface area contributed by atoms with Gasteiger partial charge in [-0.05, 0) is 37.6 Å². The SMILES string of the molecule is Cc1cc(C)n(-c2ccc(CS(=O)(=O)c3nccs3)cc2)n1. The molecule has 0 bridgehead atoms. The Morgan fingerprint density at radius 3 is 2.45 bits per heavy atom. The third-order valence-electron chi connectivity index (χ3n) is 3.22. The molecule has 22 heavy (non-hydrogen) atoms. The van der Waals surface area contributed by atoms with Crippen LogP contribution in [0.5, 0.6) is 0 Å². The lowest BCUT2D eigenvalue weighted by molar-refractivity contribution is 0.594. The zero-order chi connectivity index (χ0) is 15.7. The molecule has 5 nitrogen and oxygen atoms in total. The fourth-order valence-corrected chi connectivity index (χ4v) is 4.53. The molecule has 0 fully saturated rings. The van der Waals surface area contributed by atoms with Crippen molar-refractivity contribution in [3.05, 3.63) is 58.9 Å². The number of nitrogens with zero attached hydrogens (tertiary/aromatic N) is 3. The zero-order valence-corrected chi connectivity index (χ0v) is 13.9. The van der Waals surface area contributed by atoms with E-state index in [9.17, 15) is 8.42 Å². The molecule has 0 atom stereocenters. The summed E-state index contributed by atoms with van der Waals surface area (Å²) in [6.07, 6.45) is 1.50. The summed E-state index contributed by atoms with van der Waals surface area (Å²) < 4.78 is 26.4. The van der Waals surface area contributed by atoms with Crippen LogP contribution in [0.15, 0.2) is 46.2 Å². The summed E-state index contributed by atoms with van der Waals surface area (Å²) in [5.41, 5.74) is 3.65. The van der Waals surface area contributed by atoms with Gasteiger partial charge in [-0.2, -0.15) is 5.10 Å². The molecule has 0 saturated carbocycles. The summed E-state index contributed by atoms with van der Waals surface area (Å²) in [4.78, 5) is 3.88. The third-order valence-corrected chi connectivity index (χ3v) is 6.19. The second kappa shape index (κ2) is 5.66. The number of rotatable bonds is 4. The Labute approximate surface area is 133 Å². The standard InChI is InChI=1S/C15H15N3O2S2/c1-11-9-12(2)18(17-11)14-5-3-13(4-6-14)10-22(19,20)15-16-7-8-21-15/h3-9H,10H2,1-2H3. The summed E-state index contributed by atoms with van der Waals surface area (Å²) in [7, 11) is -3.37. The van der Waals surface area contributed by atoms with Crippen molar-refractivity contribution in [3.63, 3.8) is 0 Å².